The van der Waals surface area contributed by atoms with E-state index in [1.54, 1.807) is 0 Å². The van der Waals surface area contributed by atoms with Gasteiger partial charge in [-0.15, -0.1) is 0 Å². The minimum absolute atomic E-state index is 0.223. The van der Waals surface area contributed by atoms with E-state index in [9.17, 15) is 4.79 Å². The van der Waals surface area contributed by atoms with Crippen LogP contribution in [0.3, 0.4) is 0 Å². The predicted octanol–water partition coefficient (Wildman–Crippen LogP) is 3.35. The number of esters is 1. The number of benzene rings is 1. The van der Waals surface area contributed by atoms with Gasteiger partial charge in [0.05, 0.1) is 20.3 Å². The van der Waals surface area contributed by atoms with Gasteiger partial charge in [-0.1, -0.05) is 15.9 Å². The summed E-state index contributed by atoms with van der Waals surface area (Å²) in [6.07, 6.45) is 0.939. The zero-order valence-electron chi connectivity index (χ0n) is 11.5. The third kappa shape index (κ3) is 4.74. The Hall–Kier alpha value is -1.23. The summed E-state index contributed by atoms with van der Waals surface area (Å²) in [5.74, 6) is 1.18. The molecule has 0 saturated carbocycles. The Kier molecular flexibility index (Phi) is 6.70. The molecule has 0 aliphatic heterocycles. The Bertz CT molecular complexity index is 432. The molecule has 0 aliphatic carbocycles. The maximum Gasteiger partial charge on any atom is 0.305 e. The smallest absolute Gasteiger partial charge is 0.305 e. The highest BCUT2D eigenvalue weighted by molar-refractivity contribution is 9.10. The fourth-order valence-electron chi connectivity index (χ4n) is 1.64. The van der Waals surface area contributed by atoms with Gasteiger partial charge >= 0.3 is 5.97 Å². The Morgan fingerprint density at radius 2 is 1.74 bits per heavy atom. The van der Waals surface area contributed by atoms with Gasteiger partial charge in [0.1, 0.15) is 0 Å². The van der Waals surface area contributed by atoms with E-state index in [1.807, 2.05) is 26.0 Å². The minimum Gasteiger partial charge on any atom is -0.490 e. The Labute approximate surface area is 122 Å². The van der Waals surface area contributed by atoms with Crippen LogP contribution in [0.2, 0.25) is 0 Å². The van der Waals surface area contributed by atoms with Crippen LogP contribution >= 0.6 is 15.9 Å². The van der Waals surface area contributed by atoms with Crippen LogP contribution in [0.5, 0.6) is 11.5 Å². The topological polar surface area (TPSA) is 44.8 Å². The molecule has 0 N–H and O–H groups in total. The van der Waals surface area contributed by atoms with Crippen molar-refractivity contribution >= 4 is 21.9 Å². The second kappa shape index (κ2) is 8.04. The van der Waals surface area contributed by atoms with Crippen LogP contribution in [0.1, 0.15) is 25.8 Å². The van der Waals surface area contributed by atoms with E-state index in [0.717, 1.165) is 10.0 Å². The van der Waals surface area contributed by atoms with Crippen LogP contribution in [0.25, 0.3) is 0 Å². The normalized spacial score (nSPS) is 10.1. The monoisotopic (exact) mass is 330 g/mol. The number of hydrogen-bond acceptors (Lipinski definition) is 4. The van der Waals surface area contributed by atoms with E-state index in [-0.39, 0.29) is 5.97 Å². The molecule has 4 nitrogen and oxygen atoms in total. The first-order valence-corrected chi connectivity index (χ1v) is 7.06. The molecule has 0 heterocycles. The predicted molar refractivity (Wildman–Crippen MR) is 76.8 cm³/mol. The lowest BCUT2D eigenvalue weighted by Crippen LogP contribution is -2.04. The summed E-state index contributed by atoms with van der Waals surface area (Å²) in [6.45, 7) is 4.99. The van der Waals surface area contributed by atoms with Crippen molar-refractivity contribution in [1.82, 2.24) is 0 Å². The number of halogens is 1. The zero-order chi connectivity index (χ0) is 14.3. The Morgan fingerprint density at radius 1 is 1.16 bits per heavy atom. The molecule has 1 aromatic rings. The highest BCUT2D eigenvalue weighted by Crippen LogP contribution is 2.34. The van der Waals surface area contributed by atoms with Gasteiger partial charge < -0.3 is 14.2 Å². The zero-order valence-corrected chi connectivity index (χ0v) is 13.1. The average molecular weight is 331 g/mol. The van der Waals surface area contributed by atoms with Crippen molar-refractivity contribution in [3.05, 3.63) is 22.2 Å². The number of rotatable bonds is 7. The van der Waals surface area contributed by atoms with Gasteiger partial charge in [-0.2, -0.15) is 0 Å². The van der Waals surface area contributed by atoms with Crippen molar-refractivity contribution in [1.29, 1.82) is 0 Å². The molecule has 0 bridgehead atoms. The largest absolute Gasteiger partial charge is 0.490 e. The number of aryl methyl sites for hydroxylation is 1. The number of methoxy groups -OCH3 is 1. The van der Waals surface area contributed by atoms with Crippen molar-refractivity contribution in [2.45, 2.75) is 26.7 Å². The first-order valence-electron chi connectivity index (χ1n) is 6.27. The lowest BCUT2D eigenvalue weighted by atomic mass is 10.1. The van der Waals surface area contributed by atoms with E-state index in [4.69, 9.17) is 9.47 Å². The first kappa shape index (κ1) is 15.8. The molecule has 0 radical (unpaired) electrons. The molecule has 5 heteroatoms. The Balaban J connectivity index is 2.92. The molecule has 0 aromatic heterocycles. The minimum atomic E-state index is -0.223. The quantitative estimate of drug-likeness (QED) is 0.719. The summed E-state index contributed by atoms with van der Waals surface area (Å²) in [5, 5.41) is 0. The molecule has 19 heavy (non-hydrogen) atoms. The molecule has 0 aliphatic rings. The second-order valence-corrected chi connectivity index (χ2v) is 4.69. The summed E-state index contributed by atoms with van der Waals surface area (Å²) in [7, 11) is 1.39. The van der Waals surface area contributed by atoms with E-state index in [1.165, 1.54) is 7.11 Å². The van der Waals surface area contributed by atoms with E-state index < -0.39 is 0 Å². The molecule has 0 saturated heterocycles. The van der Waals surface area contributed by atoms with Crippen molar-refractivity contribution < 1.29 is 19.0 Å². The van der Waals surface area contributed by atoms with Gasteiger partial charge in [0, 0.05) is 10.9 Å². The third-order valence-corrected chi connectivity index (χ3v) is 3.28. The van der Waals surface area contributed by atoms with Crippen molar-refractivity contribution in [2.24, 2.45) is 0 Å². The standard InChI is InChI=1S/C14H19BrO4/c1-4-18-12-8-10(6-7-14(16)17-3)11(15)9-13(12)19-5-2/h8-9H,4-7H2,1-3H3. The summed E-state index contributed by atoms with van der Waals surface area (Å²) < 4.78 is 16.6. The van der Waals surface area contributed by atoms with Gasteiger partial charge in [-0.05, 0) is 38.0 Å². The molecule has 0 atom stereocenters. The molecule has 0 amide bonds. The summed E-state index contributed by atoms with van der Waals surface area (Å²) >= 11 is 3.49. The first-order chi connectivity index (χ1) is 9.12. The van der Waals surface area contributed by atoms with E-state index in [2.05, 4.69) is 20.7 Å². The van der Waals surface area contributed by atoms with E-state index >= 15 is 0 Å². The van der Waals surface area contributed by atoms with Crippen LogP contribution in [0.15, 0.2) is 16.6 Å². The maximum atomic E-state index is 11.2. The lowest BCUT2D eigenvalue weighted by Gasteiger charge is -2.14. The molecule has 0 spiro atoms. The number of hydrogen-bond donors (Lipinski definition) is 0. The third-order valence-electron chi connectivity index (χ3n) is 2.54. The number of carbonyl (C=O) groups is 1. The van der Waals surface area contributed by atoms with Crippen molar-refractivity contribution in [3.63, 3.8) is 0 Å². The lowest BCUT2D eigenvalue weighted by molar-refractivity contribution is -0.140. The van der Waals surface area contributed by atoms with Gasteiger partial charge in [0.2, 0.25) is 0 Å². The van der Waals surface area contributed by atoms with Crippen molar-refractivity contribution in [3.8, 4) is 11.5 Å². The van der Waals surface area contributed by atoms with E-state index in [0.29, 0.717) is 37.6 Å². The van der Waals surface area contributed by atoms with Crippen LogP contribution in [0, 0.1) is 0 Å². The van der Waals surface area contributed by atoms with Gasteiger partial charge in [0.25, 0.3) is 0 Å². The maximum absolute atomic E-state index is 11.2. The van der Waals surface area contributed by atoms with Gasteiger partial charge in [0.15, 0.2) is 11.5 Å². The summed E-state index contributed by atoms with van der Waals surface area (Å²) in [5.41, 5.74) is 0.998. The molecule has 0 fully saturated rings. The highest BCUT2D eigenvalue weighted by atomic mass is 79.9. The number of carbonyl (C=O) groups excluding carboxylic acids is 1. The molecule has 0 unspecified atom stereocenters. The SMILES string of the molecule is CCOc1cc(Br)c(CCC(=O)OC)cc1OCC. The summed E-state index contributed by atoms with van der Waals surface area (Å²) in [6, 6.07) is 3.78. The van der Waals surface area contributed by atoms with Crippen LogP contribution < -0.4 is 9.47 Å². The molecular formula is C14H19BrO4. The van der Waals surface area contributed by atoms with Crippen LogP contribution in [-0.2, 0) is 16.0 Å². The summed E-state index contributed by atoms with van der Waals surface area (Å²) in [4.78, 5) is 11.2. The van der Waals surface area contributed by atoms with Crippen LogP contribution in [-0.4, -0.2) is 26.3 Å². The molecule has 1 rings (SSSR count). The van der Waals surface area contributed by atoms with Gasteiger partial charge in [-0.25, -0.2) is 0 Å². The fourth-order valence-corrected chi connectivity index (χ4v) is 2.16. The Morgan fingerprint density at radius 3 is 2.26 bits per heavy atom. The molecular weight excluding hydrogens is 312 g/mol. The highest BCUT2D eigenvalue weighted by Gasteiger charge is 2.12. The van der Waals surface area contributed by atoms with Crippen molar-refractivity contribution in [2.75, 3.05) is 20.3 Å². The molecule has 106 valence electrons. The second-order valence-electron chi connectivity index (χ2n) is 3.83. The average Bonchev–Trinajstić information content (AvgIpc) is 2.40. The molecule has 1 aromatic carbocycles. The fraction of sp³-hybridized carbons (Fsp3) is 0.500. The van der Waals surface area contributed by atoms with Crippen LogP contribution in [0.4, 0.5) is 0 Å². The van der Waals surface area contributed by atoms with Gasteiger partial charge in [-0.3, -0.25) is 4.79 Å². The number of ether oxygens (including phenoxy) is 3.